The zero-order valence-electron chi connectivity index (χ0n) is 17.2. The second kappa shape index (κ2) is 7.89. The number of carbonyl (C=O) groups is 1. The van der Waals surface area contributed by atoms with Gasteiger partial charge in [0, 0.05) is 12.5 Å². The molecule has 162 valence electrons. The number of carbonyl (C=O) groups excluding carboxylic acids is 1. The molecule has 2 saturated heterocycles. The van der Waals surface area contributed by atoms with Gasteiger partial charge in [-0.1, -0.05) is 48.5 Å². The monoisotopic (exact) mass is 438 g/mol. The Balaban J connectivity index is 1.41. The highest BCUT2D eigenvalue weighted by Crippen LogP contribution is 2.44. The summed E-state index contributed by atoms with van der Waals surface area (Å²) < 4.78 is 27.5. The molecule has 0 unspecified atom stereocenters. The van der Waals surface area contributed by atoms with Crippen LogP contribution < -0.4 is 0 Å². The molecule has 2 fully saturated rings. The molecule has 2 aliphatic heterocycles. The lowest BCUT2D eigenvalue weighted by molar-refractivity contribution is -0.158. The Morgan fingerprint density at radius 2 is 1.77 bits per heavy atom. The number of hydrogen-bond acceptors (Lipinski definition) is 4. The average molecular weight is 439 g/mol. The van der Waals surface area contributed by atoms with Gasteiger partial charge in [0.15, 0.2) is 0 Å². The molecule has 3 atom stereocenters. The van der Waals surface area contributed by atoms with Gasteiger partial charge in [0.2, 0.25) is 15.9 Å². The highest BCUT2D eigenvalue weighted by Gasteiger charge is 2.55. The second-order valence-electron chi connectivity index (χ2n) is 8.50. The first-order chi connectivity index (χ1) is 15.0. The van der Waals surface area contributed by atoms with Crippen LogP contribution in [0, 0.1) is 0 Å². The number of hydrogen-bond donors (Lipinski definition) is 1. The fourth-order valence-corrected chi connectivity index (χ4v) is 6.68. The van der Waals surface area contributed by atoms with Crippen molar-refractivity contribution in [1.82, 2.24) is 9.21 Å². The summed E-state index contributed by atoms with van der Waals surface area (Å²) in [6.07, 6.45) is 5.69. The molecule has 7 heteroatoms. The van der Waals surface area contributed by atoms with Gasteiger partial charge in [0.1, 0.15) is 0 Å². The number of amides is 1. The van der Waals surface area contributed by atoms with Crippen LogP contribution in [-0.2, 0) is 14.8 Å². The Kier molecular flexibility index (Phi) is 5.20. The van der Waals surface area contributed by atoms with Crippen LogP contribution in [0.15, 0.2) is 65.6 Å². The molecular formula is C24H26N2O4S. The van der Waals surface area contributed by atoms with Gasteiger partial charge in [-0.2, -0.15) is 4.31 Å². The number of aliphatic hydroxyl groups excluding tert-OH is 1. The third-order valence-electron chi connectivity index (χ3n) is 6.81. The Morgan fingerprint density at radius 3 is 2.42 bits per heavy atom. The normalized spacial score (nSPS) is 26.4. The molecule has 6 nitrogen and oxygen atoms in total. The Morgan fingerprint density at radius 1 is 1.03 bits per heavy atom. The molecule has 1 aliphatic carbocycles. The van der Waals surface area contributed by atoms with E-state index in [0.717, 1.165) is 18.4 Å². The van der Waals surface area contributed by atoms with E-state index in [2.05, 4.69) is 30.3 Å². The quantitative estimate of drug-likeness (QED) is 0.779. The Labute approximate surface area is 182 Å². The minimum absolute atomic E-state index is 0.0886. The van der Waals surface area contributed by atoms with Crippen LogP contribution in [0.1, 0.15) is 36.3 Å². The standard InChI is InChI=1S/C24H26N2O4S/c27-16-22-24(19-12-10-18(11-13-19)17-6-4-5-7-17)21-14-25(15-23(28)26(21)22)31(29,30)20-8-2-1-3-9-20/h1-3,6,8-13,21-22,24,27H,4-5,7,14-16H2/t21-,22+,24-/m0/s1. The van der Waals surface area contributed by atoms with Gasteiger partial charge >= 0.3 is 0 Å². The summed E-state index contributed by atoms with van der Waals surface area (Å²) in [4.78, 5) is 14.7. The highest BCUT2D eigenvalue weighted by atomic mass is 32.2. The van der Waals surface area contributed by atoms with Crippen molar-refractivity contribution in [2.75, 3.05) is 19.7 Å². The molecule has 5 rings (SSSR count). The molecule has 0 radical (unpaired) electrons. The number of benzene rings is 2. The maximum absolute atomic E-state index is 13.1. The van der Waals surface area contributed by atoms with Gasteiger partial charge in [-0.25, -0.2) is 8.42 Å². The molecule has 0 saturated carbocycles. The predicted octanol–water partition coefficient (Wildman–Crippen LogP) is 2.61. The Bertz CT molecular complexity index is 1110. The van der Waals surface area contributed by atoms with Gasteiger partial charge in [0.05, 0.1) is 30.1 Å². The number of allylic oxidation sites excluding steroid dienone is 2. The number of fused-ring (bicyclic) bond motifs is 1. The summed E-state index contributed by atoms with van der Waals surface area (Å²) in [6, 6.07) is 16.0. The lowest BCUT2D eigenvalue weighted by Gasteiger charge is -2.58. The van der Waals surface area contributed by atoms with Crippen molar-refractivity contribution in [3.05, 3.63) is 71.8 Å². The van der Waals surface area contributed by atoms with Crippen LogP contribution in [0.5, 0.6) is 0 Å². The molecule has 2 aromatic rings. The lowest BCUT2D eigenvalue weighted by atomic mass is 9.74. The summed E-state index contributed by atoms with van der Waals surface area (Å²) in [6.45, 7) is -0.0909. The fraction of sp³-hybridized carbons (Fsp3) is 0.375. The van der Waals surface area contributed by atoms with E-state index in [4.69, 9.17) is 0 Å². The van der Waals surface area contributed by atoms with Crippen molar-refractivity contribution < 1.29 is 18.3 Å². The smallest absolute Gasteiger partial charge is 0.243 e. The molecule has 0 bridgehead atoms. The SMILES string of the molecule is O=C1CN(S(=O)(=O)c2ccccc2)C[C@H]2[C@H](c3ccc(C4=CCCC4)cc3)[C@@H](CO)N12. The largest absolute Gasteiger partial charge is 0.394 e. The number of sulfonamides is 1. The molecule has 2 aromatic carbocycles. The zero-order valence-corrected chi connectivity index (χ0v) is 18.0. The first-order valence-corrected chi connectivity index (χ1v) is 12.2. The maximum atomic E-state index is 13.1. The summed E-state index contributed by atoms with van der Waals surface area (Å²) in [5.74, 6) is -0.340. The molecule has 0 spiro atoms. The van der Waals surface area contributed by atoms with Crippen molar-refractivity contribution in [3.63, 3.8) is 0 Å². The van der Waals surface area contributed by atoms with Crippen molar-refractivity contribution in [3.8, 4) is 0 Å². The first kappa shape index (κ1) is 20.4. The van der Waals surface area contributed by atoms with E-state index in [1.807, 2.05) is 0 Å². The molecule has 0 aromatic heterocycles. The Hall–Kier alpha value is -2.48. The van der Waals surface area contributed by atoms with Crippen molar-refractivity contribution >= 4 is 21.5 Å². The molecule has 2 heterocycles. The van der Waals surface area contributed by atoms with Crippen molar-refractivity contribution in [2.45, 2.75) is 42.2 Å². The van der Waals surface area contributed by atoms with E-state index in [1.54, 1.807) is 35.2 Å². The van der Waals surface area contributed by atoms with E-state index in [1.165, 1.54) is 21.9 Å². The van der Waals surface area contributed by atoms with E-state index in [-0.39, 0.29) is 48.5 Å². The third-order valence-corrected chi connectivity index (χ3v) is 8.64. The topological polar surface area (TPSA) is 77.9 Å². The molecule has 1 amide bonds. The van der Waals surface area contributed by atoms with Crippen LogP contribution in [0.3, 0.4) is 0 Å². The first-order valence-electron chi connectivity index (χ1n) is 10.8. The minimum Gasteiger partial charge on any atom is -0.394 e. The predicted molar refractivity (Wildman–Crippen MR) is 118 cm³/mol. The van der Waals surface area contributed by atoms with Gasteiger partial charge < -0.3 is 10.0 Å². The van der Waals surface area contributed by atoms with E-state index in [0.29, 0.717) is 0 Å². The van der Waals surface area contributed by atoms with Gasteiger partial charge in [-0.05, 0) is 48.1 Å². The van der Waals surface area contributed by atoms with E-state index >= 15 is 0 Å². The van der Waals surface area contributed by atoms with Crippen molar-refractivity contribution in [1.29, 1.82) is 0 Å². The summed E-state index contributed by atoms with van der Waals surface area (Å²) in [5, 5.41) is 9.97. The maximum Gasteiger partial charge on any atom is 0.243 e. The van der Waals surface area contributed by atoms with Gasteiger partial charge in [0.25, 0.3) is 0 Å². The summed E-state index contributed by atoms with van der Waals surface area (Å²) in [7, 11) is -3.75. The van der Waals surface area contributed by atoms with E-state index < -0.39 is 10.0 Å². The van der Waals surface area contributed by atoms with Crippen LogP contribution in [-0.4, -0.2) is 60.4 Å². The van der Waals surface area contributed by atoms with Crippen LogP contribution in [0.2, 0.25) is 0 Å². The number of aliphatic hydroxyl groups is 1. The summed E-state index contributed by atoms with van der Waals surface area (Å²) in [5.41, 5.74) is 3.62. The zero-order chi connectivity index (χ0) is 21.6. The lowest BCUT2D eigenvalue weighted by Crippen LogP contribution is -2.73. The van der Waals surface area contributed by atoms with Gasteiger partial charge in [-0.15, -0.1) is 0 Å². The molecule has 1 N–H and O–H groups in total. The third kappa shape index (κ3) is 3.41. The molecule has 3 aliphatic rings. The van der Waals surface area contributed by atoms with Crippen molar-refractivity contribution in [2.24, 2.45) is 0 Å². The van der Waals surface area contributed by atoms with E-state index in [9.17, 15) is 18.3 Å². The number of piperazine rings is 1. The average Bonchev–Trinajstić information content (AvgIpc) is 3.31. The van der Waals surface area contributed by atoms with Crippen LogP contribution in [0.25, 0.3) is 5.57 Å². The fourth-order valence-electron chi connectivity index (χ4n) is 5.25. The highest BCUT2D eigenvalue weighted by molar-refractivity contribution is 7.89. The van der Waals surface area contributed by atoms with Crippen LogP contribution >= 0.6 is 0 Å². The number of nitrogens with zero attached hydrogens (tertiary/aromatic N) is 2. The second-order valence-corrected chi connectivity index (χ2v) is 10.4. The molecule has 31 heavy (non-hydrogen) atoms. The minimum atomic E-state index is -3.75. The van der Waals surface area contributed by atoms with Gasteiger partial charge in [-0.3, -0.25) is 4.79 Å². The number of rotatable bonds is 5. The van der Waals surface area contributed by atoms with Crippen LogP contribution in [0.4, 0.5) is 0 Å². The molecular weight excluding hydrogens is 412 g/mol. The summed E-state index contributed by atoms with van der Waals surface area (Å²) >= 11 is 0.